The van der Waals surface area contributed by atoms with E-state index in [0.29, 0.717) is 58.4 Å². The molecule has 6 heteroatoms. The summed E-state index contributed by atoms with van der Waals surface area (Å²) in [6.45, 7) is 4.39. The van der Waals surface area contributed by atoms with Gasteiger partial charge in [0.15, 0.2) is 0 Å². The molecule has 142 valence electrons. The van der Waals surface area contributed by atoms with Gasteiger partial charge in [0.05, 0.1) is 52.8 Å². The van der Waals surface area contributed by atoms with Gasteiger partial charge < -0.3 is 24.1 Å². The number of fused-ring (bicyclic) bond motifs is 1. The van der Waals surface area contributed by atoms with E-state index in [9.17, 15) is 5.11 Å². The lowest BCUT2D eigenvalue weighted by molar-refractivity contribution is 0.00472. The fourth-order valence-electron chi connectivity index (χ4n) is 2.34. The minimum Gasteiger partial charge on any atom is -0.507 e. The van der Waals surface area contributed by atoms with E-state index in [1.807, 2.05) is 36.4 Å². The lowest BCUT2D eigenvalue weighted by Gasteiger charge is -2.06. The molecule has 2 aromatic carbocycles. The lowest BCUT2D eigenvalue weighted by Crippen LogP contribution is -2.12. The molecule has 26 heavy (non-hydrogen) atoms. The van der Waals surface area contributed by atoms with Gasteiger partial charge in [-0.2, -0.15) is 0 Å². The van der Waals surface area contributed by atoms with Crippen molar-refractivity contribution < 1.29 is 24.1 Å². The number of hydrogen-bond acceptors (Lipinski definition) is 6. The van der Waals surface area contributed by atoms with Crippen molar-refractivity contribution in [2.75, 3.05) is 59.9 Å². The molecule has 1 N–H and O–H groups in total. The zero-order valence-electron chi connectivity index (χ0n) is 15.2. The van der Waals surface area contributed by atoms with Gasteiger partial charge in [-0.05, 0) is 11.5 Å². The molecule has 0 unspecified atom stereocenters. The van der Waals surface area contributed by atoms with Gasteiger partial charge in [0.1, 0.15) is 5.75 Å². The van der Waals surface area contributed by atoms with Crippen LogP contribution in [0.4, 0.5) is 0 Å². The maximum Gasteiger partial charge on any atom is 0.132 e. The number of methoxy groups -OCH3 is 1. The van der Waals surface area contributed by atoms with Crippen LogP contribution in [0, 0.1) is 0 Å². The zero-order valence-corrected chi connectivity index (χ0v) is 15.2. The number of aliphatic imine (C=N–C) groups is 1. The molecule has 0 bridgehead atoms. The summed E-state index contributed by atoms with van der Waals surface area (Å²) in [5, 5.41) is 12.1. The fraction of sp³-hybridized carbons (Fsp3) is 0.450. The Morgan fingerprint density at radius 3 is 2.23 bits per heavy atom. The Morgan fingerprint density at radius 1 is 0.846 bits per heavy atom. The second-order valence-electron chi connectivity index (χ2n) is 5.59. The van der Waals surface area contributed by atoms with Crippen LogP contribution in [0.1, 0.15) is 5.56 Å². The third-order valence-electron chi connectivity index (χ3n) is 3.70. The number of phenolic OH excluding ortho intramolecular Hbond substituents is 1. The molecule has 0 saturated heterocycles. The summed E-state index contributed by atoms with van der Waals surface area (Å²) < 4.78 is 21.0. The minimum absolute atomic E-state index is 0.258. The highest BCUT2D eigenvalue weighted by Crippen LogP contribution is 2.27. The summed E-state index contributed by atoms with van der Waals surface area (Å²) in [5.41, 5.74) is 0.709. The molecule has 0 radical (unpaired) electrons. The second-order valence-corrected chi connectivity index (χ2v) is 5.59. The topological polar surface area (TPSA) is 69.5 Å². The first-order chi connectivity index (χ1) is 12.8. The molecule has 0 aliphatic heterocycles. The number of hydrogen-bond donors (Lipinski definition) is 1. The van der Waals surface area contributed by atoms with E-state index in [2.05, 4.69) is 4.99 Å². The van der Waals surface area contributed by atoms with E-state index in [0.717, 1.165) is 10.8 Å². The highest BCUT2D eigenvalue weighted by atomic mass is 16.6. The normalized spacial score (nSPS) is 11.6. The molecule has 2 rings (SSSR count). The SMILES string of the molecule is COCCOCCOCCOCCN=Cc1ccc2ccccc2c1O. The highest BCUT2D eigenvalue weighted by Gasteiger charge is 2.03. The van der Waals surface area contributed by atoms with Crippen LogP contribution in [-0.2, 0) is 18.9 Å². The van der Waals surface area contributed by atoms with Crippen molar-refractivity contribution in [2.24, 2.45) is 4.99 Å². The first-order valence-corrected chi connectivity index (χ1v) is 8.75. The van der Waals surface area contributed by atoms with Crippen molar-refractivity contribution in [3.8, 4) is 5.75 Å². The first-order valence-electron chi connectivity index (χ1n) is 8.75. The smallest absolute Gasteiger partial charge is 0.132 e. The second kappa shape index (κ2) is 12.4. The summed E-state index contributed by atoms with van der Waals surface area (Å²) in [6, 6.07) is 11.6. The van der Waals surface area contributed by atoms with Gasteiger partial charge in [-0.15, -0.1) is 0 Å². The molecular weight excluding hydrogens is 334 g/mol. The van der Waals surface area contributed by atoms with Crippen molar-refractivity contribution in [1.29, 1.82) is 0 Å². The van der Waals surface area contributed by atoms with Gasteiger partial charge in [0, 0.05) is 24.3 Å². The van der Waals surface area contributed by atoms with Crippen molar-refractivity contribution in [2.45, 2.75) is 0 Å². The van der Waals surface area contributed by atoms with Gasteiger partial charge in [0.25, 0.3) is 0 Å². The van der Waals surface area contributed by atoms with Gasteiger partial charge >= 0.3 is 0 Å². The summed E-state index contributed by atoms with van der Waals surface area (Å²) in [7, 11) is 1.64. The molecule has 0 aromatic heterocycles. The van der Waals surface area contributed by atoms with E-state index < -0.39 is 0 Å². The van der Waals surface area contributed by atoms with Crippen molar-refractivity contribution in [3.63, 3.8) is 0 Å². The van der Waals surface area contributed by atoms with Crippen LogP contribution in [0.3, 0.4) is 0 Å². The Bertz CT molecular complexity index is 674. The zero-order chi connectivity index (χ0) is 18.5. The molecule has 0 aliphatic carbocycles. The average Bonchev–Trinajstić information content (AvgIpc) is 2.67. The molecule has 0 heterocycles. The Labute approximate surface area is 154 Å². The first kappa shape index (κ1) is 20.3. The van der Waals surface area contributed by atoms with Gasteiger partial charge in [0.2, 0.25) is 0 Å². The molecule has 0 atom stereocenters. The van der Waals surface area contributed by atoms with E-state index in [4.69, 9.17) is 18.9 Å². The van der Waals surface area contributed by atoms with E-state index >= 15 is 0 Å². The monoisotopic (exact) mass is 361 g/mol. The van der Waals surface area contributed by atoms with Crippen LogP contribution in [-0.4, -0.2) is 71.2 Å². The standard InChI is InChI=1S/C20H27NO5/c1-23-10-11-25-14-15-26-13-12-24-9-8-21-16-18-7-6-17-4-2-3-5-19(17)20(18)22/h2-7,16,22H,8-15H2,1H3. The van der Waals surface area contributed by atoms with Crippen LogP contribution in [0.15, 0.2) is 41.4 Å². The number of phenols is 1. The summed E-state index contributed by atoms with van der Waals surface area (Å²) >= 11 is 0. The Kier molecular flexibility index (Phi) is 9.67. The largest absolute Gasteiger partial charge is 0.507 e. The quantitative estimate of drug-likeness (QED) is 0.439. The van der Waals surface area contributed by atoms with E-state index in [1.165, 1.54) is 0 Å². The fourth-order valence-corrected chi connectivity index (χ4v) is 2.34. The molecular formula is C20H27NO5. The number of ether oxygens (including phenoxy) is 4. The Morgan fingerprint density at radius 2 is 1.50 bits per heavy atom. The summed E-state index contributed by atoms with van der Waals surface area (Å²) in [4.78, 5) is 4.30. The van der Waals surface area contributed by atoms with Crippen LogP contribution >= 0.6 is 0 Å². The van der Waals surface area contributed by atoms with Crippen LogP contribution < -0.4 is 0 Å². The van der Waals surface area contributed by atoms with Crippen molar-refractivity contribution >= 4 is 17.0 Å². The van der Waals surface area contributed by atoms with Gasteiger partial charge in [-0.1, -0.05) is 30.3 Å². The summed E-state index contributed by atoms with van der Waals surface area (Å²) in [5.74, 6) is 0.258. The van der Waals surface area contributed by atoms with E-state index in [-0.39, 0.29) is 5.75 Å². The molecule has 0 saturated carbocycles. The number of nitrogens with zero attached hydrogens (tertiary/aromatic N) is 1. The molecule has 0 spiro atoms. The maximum atomic E-state index is 10.3. The lowest BCUT2D eigenvalue weighted by atomic mass is 10.1. The minimum atomic E-state index is 0.258. The van der Waals surface area contributed by atoms with Gasteiger partial charge in [-0.3, -0.25) is 4.99 Å². The molecule has 6 nitrogen and oxygen atoms in total. The molecule has 0 fully saturated rings. The van der Waals surface area contributed by atoms with E-state index in [1.54, 1.807) is 13.3 Å². The Hall–Kier alpha value is -1.99. The van der Waals surface area contributed by atoms with Crippen molar-refractivity contribution in [1.82, 2.24) is 0 Å². The Balaban J connectivity index is 1.55. The van der Waals surface area contributed by atoms with Crippen molar-refractivity contribution in [3.05, 3.63) is 42.0 Å². The number of rotatable bonds is 13. The average molecular weight is 361 g/mol. The maximum absolute atomic E-state index is 10.3. The van der Waals surface area contributed by atoms with Gasteiger partial charge in [-0.25, -0.2) is 0 Å². The predicted octanol–water partition coefficient (Wildman–Crippen LogP) is 2.66. The molecule has 0 amide bonds. The molecule has 0 aliphatic rings. The third kappa shape index (κ3) is 7.09. The van der Waals surface area contributed by atoms with Crippen LogP contribution in [0.25, 0.3) is 10.8 Å². The summed E-state index contributed by atoms with van der Waals surface area (Å²) in [6.07, 6.45) is 1.68. The predicted molar refractivity (Wildman–Crippen MR) is 102 cm³/mol. The third-order valence-corrected chi connectivity index (χ3v) is 3.70. The van der Waals surface area contributed by atoms with Crippen LogP contribution in [0.2, 0.25) is 0 Å². The highest BCUT2D eigenvalue weighted by molar-refractivity contribution is 5.97. The molecule has 2 aromatic rings. The van der Waals surface area contributed by atoms with Crippen LogP contribution in [0.5, 0.6) is 5.75 Å². The number of aromatic hydroxyl groups is 1. The number of benzene rings is 2.